The Hall–Kier alpha value is -2.07. The molecule has 2 aromatic rings. The van der Waals surface area contributed by atoms with E-state index in [-0.39, 0.29) is 17.4 Å². The third-order valence-corrected chi connectivity index (χ3v) is 6.69. The largest absolute Gasteiger partial charge is 0.493 e. The van der Waals surface area contributed by atoms with Crippen molar-refractivity contribution in [2.75, 3.05) is 31.0 Å². The fourth-order valence-corrected chi connectivity index (χ4v) is 5.24. The smallest absolute Gasteiger partial charge is 0.337 e. The number of carbonyl (C=O) groups is 1. The van der Waals surface area contributed by atoms with Gasteiger partial charge in [-0.05, 0) is 30.5 Å². The van der Waals surface area contributed by atoms with Gasteiger partial charge in [-0.2, -0.15) is 0 Å². The molecule has 1 aliphatic rings. The van der Waals surface area contributed by atoms with Crippen LogP contribution in [0.5, 0.6) is 5.75 Å². The van der Waals surface area contributed by atoms with Crippen LogP contribution < -0.4 is 4.74 Å². The summed E-state index contributed by atoms with van der Waals surface area (Å²) in [7, 11) is -1.57. The van der Waals surface area contributed by atoms with Crippen molar-refractivity contribution in [3.8, 4) is 5.75 Å². The SMILES string of the molecule is COC(=O)c1cccc(OCCSc2nnc(CC3CCS(=O)(=O)C3)o2)c1. The van der Waals surface area contributed by atoms with E-state index in [9.17, 15) is 13.2 Å². The van der Waals surface area contributed by atoms with Crippen molar-refractivity contribution in [3.63, 3.8) is 0 Å². The predicted octanol–water partition coefficient (Wildman–Crippen LogP) is 2.00. The lowest BCUT2D eigenvalue weighted by Crippen LogP contribution is -2.07. The number of nitrogens with zero attached hydrogens (tertiary/aromatic N) is 2. The first-order chi connectivity index (χ1) is 12.9. The maximum Gasteiger partial charge on any atom is 0.337 e. The monoisotopic (exact) mass is 412 g/mol. The van der Waals surface area contributed by atoms with E-state index < -0.39 is 15.8 Å². The Balaban J connectivity index is 1.42. The average molecular weight is 412 g/mol. The van der Waals surface area contributed by atoms with E-state index in [0.717, 1.165) is 0 Å². The number of hydrogen-bond acceptors (Lipinski definition) is 9. The first kappa shape index (κ1) is 19.7. The molecular formula is C17H20N2O6S2. The minimum atomic E-state index is -2.90. The second-order valence-electron chi connectivity index (χ2n) is 6.15. The summed E-state index contributed by atoms with van der Waals surface area (Å²) >= 11 is 1.36. The van der Waals surface area contributed by atoms with E-state index in [1.165, 1.54) is 18.9 Å². The number of ether oxygens (including phenoxy) is 2. The van der Waals surface area contributed by atoms with Crippen LogP contribution in [0, 0.1) is 5.92 Å². The van der Waals surface area contributed by atoms with Crippen molar-refractivity contribution < 1.29 is 27.1 Å². The Morgan fingerprint density at radius 3 is 2.96 bits per heavy atom. The van der Waals surface area contributed by atoms with Crippen LogP contribution in [-0.4, -0.2) is 55.6 Å². The Morgan fingerprint density at radius 2 is 2.22 bits per heavy atom. The Bertz CT molecular complexity index is 896. The number of benzene rings is 1. The Labute approximate surface area is 161 Å². The van der Waals surface area contributed by atoms with Crippen molar-refractivity contribution in [3.05, 3.63) is 35.7 Å². The molecule has 0 bridgehead atoms. The van der Waals surface area contributed by atoms with Crippen molar-refractivity contribution in [1.29, 1.82) is 0 Å². The van der Waals surface area contributed by atoms with Crippen LogP contribution in [-0.2, 0) is 21.0 Å². The molecule has 8 nitrogen and oxygen atoms in total. The lowest BCUT2D eigenvalue weighted by Gasteiger charge is -2.06. The number of rotatable bonds is 8. The molecule has 1 aromatic heterocycles. The standard InChI is InChI=1S/C17H20N2O6S2/c1-23-16(20)13-3-2-4-14(10-13)24-6-7-26-17-19-18-15(25-17)9-12-5-8-27(21,22)11-12/h2-4,10,12H,5-9,11H2,1H3. The molecule has 1 atom stereocenters. The highest BCUT2D eigenvalue weighted by molar-refractivity contribution is 7.99. The maximum atomic E-state index is 11.5. The number of hydrogen-bond donors (Lipinski definition) is 0. The van der Waals surface area contributed by atoms with Gasteiger partial charge in [0, 0.05) is 12.2 Å². The molecule has 146 valence electrons. The molecule has 2 heterocycles. The quantitative estimate of drug-likeness (QED) is 0.365. The van der Waals surface area contributed by atoms with Crippen molar-refractivity contribution in [1.82, 2.24) is 10.2 Å². The molecule has 1 aliphatic heterocycles. The molecule has 0 N–H and O–H groups in total. The van der Waals surface area contributed by atoms with Gasteiger partial charge in [0.05, 0.1) is 30.8 Å². The normalized spacial score (nSPS) is 18.3. The van der Waals surface area contributed by atoms with Gasteiger partial charge in [0.2, 0.25) is 5.89 Å². The average Bonchev–Trinajstić information content (AvgIpc) is 3.24. The third kappa shape index (κ3) is 5.70. The number of thioether (sulfide) groups is 1. The van der Waals surface area contributed by atoms with E-state index in [1.807, 2.05) is 0 Å². The molecule has 1 unspecified atom stereocenters. The first-order valence-electron chi connectivity index (χ1n) is 8.42. The first-order valence-corrected chi connectivity index (χ1v) is 11.2. The fourth-order valence-electron chi connectivity index (χ4n) is 2.78. The van der Waals surface area contributed by atoms with Gasteiger partial charge in [0.1, 0.15) is 5.75 Å². The van der Waals surface area contributed by atoms with Crippen LogP contribution in [0.2, 0.25) is 0 Å². The number of carbonyl (C=O) groups excluding carboxylic acids is 1. The van der Waals surface area contributed by atoms with Crippen molar-refractivity contribution in [2.24, 2.45) is 5.92 Å². The highest BCUT2D eigenvalue weighted by atomic mass is 32.2. The number of aromatic nitrogens is 2. The summed E-state index contributed by atoms with van der Waals surface area (Å²) in [4.78, 5) is 11.5. The van der Waals surface area contributed by atoms with Crippen molar-refractivity contribution in [2.45, 2.75) is 18.1 Å². The number of esters is 1. The Kier molecular flexibility index (Phi) is 6.38. The number of sulfone groups is 1. The third-order valence-electron chi connectivity index (χ3n) is 4.07. The molecule has 1 saturated heterocycles. The number of methoxy groups -OCH3 is 1. The highest BCUT2D eigenvalue weighted by Crippen LogP contribution is 2.24. The molecule has 0 saturated carbocycles. The Morgan fingerprint density at radius 1 is 1.37 bits per heavy atom. The molecule has 27 heavy (non-hydrogen) atoms. The minimum absolute atomic E-state index is 0.0544. The van der Waals surface area contributed by atoms with Crippen LogP contribution in [0.4, 0.5) is 0 Å². The van der Waals surface area contributed by atoms with Crippen molar-refractivity contribution >= 4 is 27.6 Å². The van der Waals surface area contributed by atoms with E-state index in [0.29, 0.717) is 47.6 Å². The molecular weight excluding hydrogens is 392 g/mol. The lowest BCUT2D eigenvalue weighted by molar-refractivity contribution is 0.0600. The molecule has 0 amide bonds. The van der Waals surface area contributed by atoms with Gasteiger partial charge in [-0.3, -0.25) is 0 Å². The lowest BCUT2D eigenvalue weighted by atomic mass is 10.1. The second kappa shape index (κ2) is 8.75. The summed E-state index contributed by atoms with van der Waals surface area (Å²) in [6, 6.07) is 6.76. The van der Waals surface area contributed by atoms with Gasteiger partial charge in [0.15, 0.2) is 9.84 Å². The molecule has 0 radical (unpaired) electrons. The molecule has 0 aliphatic carbocycles. The molecule has 10 heteroatoms. The summed E-state index contributed by atoms with van der Waals surface area (Å²) in [5.74, 6) is 1.70. The van der Waals surface area contributed by atoms with Crippen LogP contribution in [0.3, 0.4) is 0 Å². The zero-order valence-electron chi connectivity index (χ0n) is 14.8. The van der Waals surface area contributed by atoms with E-state index in [4.69, 9.17) is 9.15 Å². The molecule has 1 aromatic carbocycles. The summed E-state index contributed by atoms with van der Waals surface area (Å²) in [5.41, 5.74) is 0.429. The zero-order chi connectivity index (χ0) is 19.3. The second-order valence-corrected chi connectivity index (χ2v) is 9.43. The maximum absolute atomic E-state index is 11.5. The van der Waals surface area contributed by atoms with Crippen LogP contribution in [0.15, 0.2) is 33.9 Å². The molecule has 3 rings (SSSR count). The van der Waals surface area contributed by atoms with Gasteiger partial charge in [0.25, 0.3) is 5.22 Å². The van der Waals surface area contributed by atoms with E-state index >= 15 is 0 Å². The molecule has 0 spiro atoms. The highest BCUT2D eigenvalue weighted by Gasteiger charge is 2.29. The molecule has 1 fully saturated rings. The summed E-state index contributed by atoms with van der Waals surface area (Å²) in [5, 5.41) is 8.38. The predicted molar refractivity (Wildman–Crippen MR) is 98.8 cm³/mol. The van der Waals surface area contributed by atoms with Gasteiger partial charge in [-0.1, -0.05) is 17.8 Å². The van der Waals surface area contributed by atoms with Gasteiger partial charge in [-0.25, -0.2) is 13.2 Å². The van der Waals surface area contributed by atoms with Crippen LogP contribution in [0.1, 0.15) is 22.7 Å². The summed E-state index contributed by atoms with van der Waals surface area (Å²) < 4.78 is 38.8. The summed E-state index contributed by atoms with van der Waals surface area (Å²) in [6.45, 7) is 0.397. The van der Waals surface area contributed by atoms with Crippen LogP contribution >= 0.6 is 11.8 Å². The summed E-state index contributed by atoms with van der Waals surface area (Å²) in [6.07, 6.45) is 1.13. The van der Waals surface area contributed by atoms with E-state index in [1.54, 1.807) is 24.3 Å². The minimum Gasteiger partial charge on any atom is -0.493 e. The van der Waals surface area contributed by atoms with Gasteiger partial charge in [-0.15, -0.1) is 10.2 Å². The fraction of sp³-hybridized carbons (Fsp3) is 0.471. The zero-order valence-corrected chi connectivity index (χ0v) is 16.4. The van der Waals surface area contributed by atoms with Crippen LogP contribution in [0.25, 0.3) is 0 Å². The van der Waals surface area contributed by atoms with Gasteiger partial charge < -0.3 is 13.9 Å². The van der Waals surface area contributed by atoms with E-state index in [2.05, 4.69) is 14.9 Å². The topological polar surface area (TPSA) is 109 Å². The van der Waals surface area contributed by atoms with Gasteiger partial charge >= 0.3 is 5.97 Å².